The van der Waals surface area contributed by atoms with E-state index in [0.717, 1.165) is 18.8 Å². The van der Waals surface area contributed by atoms with E-state index in [1.54, 1.807) is 0 Å². The number of hydrogen-bond acceptors (Lipinski definition) is 4. The zero-order valence-corrected chi connectivity index (χ0v) is 13.6. The third kappa shape index (κ3) is 3.63. The van der Waals surface area contributed by atoms with Crippen molar-refractivity contribution in [1.82, 2.24) is 10.3 Å². The molecule has 2 heterocycles. The van der Waals surface area contributed by atoms with Gasteiger partial charge in [0.15, 0.2) is 0 Å². The van der Waals surface area contributed by atoms with Crippen LogP contribution in [0.15, 0.2) is 35.8 Å². The minimum atomic E-state index is 0.315. The van der Waals surface area contributed by atoms with E-state index in [2.05, 4.69) is 58.7 Å². The third-order valence-electron chi connectivity index (χ3n) is 3.95. The Bertz CT molecular complexity index is 546. The first-order chi connectivity index (χ1) is 10.3. The normalized spacial score (nSPS) is 15.9. The predicted molar refractivity (Wildman–Crippen MR) is 89.9 cm³/mol. The van der Waals surface area contributed by atoms with Gasteiger partial charge >= 0.3 is 0 Å². The van der Waals surface area contributed by atoms with E-state index in [0.29, 0.717) is 12.1 Å². The van der Waals surface area contributed by atoms with Gasteiger partial charge in [-0.05, 0) is 49.9 Å². The number of anilines is 1. The molecule has 0 saturated heterocycles. The maximum Gasteiger partial charge on any atom is 0.0572 e. The average Bonchev–Trinajstić information content (AvgIpc) is 3.22. The first-order valence-corrected chi connectivity index (χ1v) is 8.64. The molecule has 1 aliphatic carbocycles. The fourth-order valence-corrected chi connectivity index (χ4v) is 3.32. The molecule has 0 bridgehead atoms. The van der Waals surface area contributed by atoms with Crippen LogP contribution in [0.5, 0.6) is 0 Å². The maximum atomic E-state index is 4.66. The fraction of sp³-hybridized carbons (Fsp3) is 0.471. The summed E-state index contributed by atoms with van der Waals surface area (Å²) in [5.41, 5.74) is 2.37. The second-order valence-electron chi connectivity index (χ2n) is 5.66. The number of aromatic nitrogens is 1. The van der Waals surface area contributed by atoms with Gasteiger partial charge in [-0.25, -0.2) is 0 Å². The summed E-state index contributed by atoms with van der Waals surface area (Å²) < 4.78 is 0. The summed E-state index contributed by atoms with van der Waals surface area (Å²) in [5, 5.41) is 5.56. The van der Waals surface area contributed by atoms with Gasteiger partial charge in [0.25, 0.3) is 0 Å². The number of nitrogens with one attached hydrogen (secondary N) is 1. The van der Waals surface area contributed by atoms with Crippen molar-refractivity contribution in [2.45, 2.75) is 45.3 Å². The molecule has 4 heteroatoms. The molecule has 1 aliphatic rings. The van der Waals surface area contributed by atoms with E-state index in [4.69, 9.17) is 0 Å². The molecule has 2 aromatic heterocycles. The van der Waals surface area contributed by atoms with Crippen LogP contribution >= 0.6 is 11.3 Å². The Balaban J connectivity index is 1.74. The quantitative estimate of drug-likeness (QED) is 0.838. The number of thiophene rings is 1. The van der Waals surface area contributed by atoms with Gasteiger partial charge in [-0.2, -0.15) is 0 Å². The fourth-order valence-electron chi connectivity index (χ4n) is 2.62. The Hall–Kier alpha value is -1.39. The van der Waals surface area contributed by atoms with Crippen molar-refractivity contribution in [3.05, 3.63) is 46.4 Å². The monoisotopic (exact) mass is 301 g/mol. The largest absolute Gasteiger partial charge is 0.362 e. The molecule has 1 saturated carbocycles. The van der Waals surface area contributed by atoms with Crippen LogP contribution < -0.4 is 10.2 Å². The molecule has 1 unspecified atom stereocenters. The van der Waals surface area contributed by atoms with E-state index in [1.807, 2.05) is 17.5 Å². The van der Waals surface area contributed by atoms with Crippen molar-refractivity contribution >= 4 is 17.0 Å². The van der Waals surface area contributed by atoms with Crippen LogP contribution in [0.1, 0.15) is 43.3 Å². The van der Waals surface area contributed by atoms with Crippen LogP contribution in [0.4, 0.5) is 5.69 Å². The second kappa shape index (κ2) is 6.58. The number of nitrogens with zero attached hydrogens (tertiary/aromatic N) is 2. The highest BCUT2D eigenvalue weighted by molar-refractivity contribution is 7.09. The molecule has 112 valence electrons. The molecular formula is C17H23N3S. The molecule has 0 amide bonds. The van der Waals surface area contributed by atoms with Crippen molar-refractivity contribution in [3.8, 4) is 0 Å². The highest BCUT2D eigenvalue weighted by Crippen LogP contribution is 2.33. The molecule has 1 atom stereocenters. The molecule has 0 radical (unpaired) electrons. The van der Waals surface area contributed by atoms with Gasteiger partial charge in [-0.1, -0.05) is 13.0 Å². The van der Waals surface area contributed by atoms with Gasteiger partial charge in [0.2, 0.25) is 0 Å². The van der Waals surface area contributed by atoms with E-state index >= 15 is 0 Å². The number of pyridine rings is 1. The minimum absolute atomic E-state index is 0.315. The number of rotatable bonds is 7. The van der Waals surface area contributed by atoms with E-state index in [1.165, 1.54) is 23.4 Å². The standard InChI is InChI=1S/C17H23N3S/c1-3-18-13(2)17-9-8-15(11-19-17)20(14-6-7-14)12-16-5-4-10-21-16/h4-5,8-11,13-14,18H,3,6-7,12H2,1-2H3. The van der Waals surface area contributed by atoms with Gasteiger partial charge in [0.05, 0.1) is 24.1 Å². The predicted octanol–water partition coefficient (Wildman–Crippen LogP) is 3.98. The summed E-state index contributed by atoms with van der Waals surface area (Å²) in [6.45, 7) is 6.26. The molecule has 21 heavy (non-hydrogen) atoms. The summed E-state index contributed by atoms with van der Waals surface area (Å²) in [4.78, 5) is 8.58. The molecule has 2 aromatic rings. The van der Waals surface area contributed by atoms with Crippen molar-refractivity contribution in [2.75, 3.05) is 11.4 Å². The Morgan fingerprint density at radius 1 is 1.38 bits per heavy atom. The Morgan fingerprint density at radius 2 is 2.24 bits per heavy atom. The van der Waals surface area contributed by atoms with Crippen LogP contribution in [0.2, 0.25) is 0 Å². The lowest BCUT2D eigenvalue weighted by molar-refractivity contribution is 0.583. The summed E-state index contributed by atoms with van der Waals surface area (Å²) in [6.07, 6.45) is 4.65. The zero-order valence-electron chi connectivity index (χ0n) is 12.7. The Labute approximate surface area is 131 Å². The lowest BCUT2D eigenvalue weighted by Crippen LogP contribution is -2.25. The van der Waals surface area contributed by atoms with E-state index in [9.17, 15) is 0 Å². The van der Waals surface area contributed by atoms with Crippen molar-refractivity contribution in [3.63, 3.8) is 0 Å². The molecule has 3 rings (SSSR count). The second-order valence-corrected chi connectivity index (χ2v) is 6.69. The topological polar surface area (TPSA) is 28.2 Å². The van der Waals surface area contributed by atoms with Crippen LogP contribution in [0, 0.1) is 0 Å². The first kappa shape index (κ1) is 14.5. The summed E-state index contributed by atoms with van der Waals surface area (Å²) in [5.74, 6) is 0. The first-order valence-electron chi connectivity index (χ1n) is 7.76. The highest BCUT2D eigenvalue weighted by Gasteiger charge is 2.29. The van der Waals surface area contributed by atoms with Crippen LogP contribution in [0.25, 0.3) is 0 Å². The number of hydrogen-bond donors (Lipinski definition) is 1. The average molecular weight is 301 g/mol. The summed E-state index contributed by atoms with van der Waals surface area (Å²) in [6, 6.07) is 9.75. The Kier molecular flexibility index (Phi) is 4.56. The van der Waals surface area contributed by atoms with Gasteiger partial charge in [-0.15, -0.1) is 11.3 Å². The van der Waals surface area contributed by atoms with Gasteiger partial charge in [-0.3, -0.25) is 4.98 Å². The molecule has 0 spiro atoms. The Morgan fingerprint density at radius 3 is 2.81 bits per heavy atom. The molecular weight excluding hydrogens is 278 g/mol. The van der Waals surface area contributed by atoms with Gasteiger partial charge in [0.1, 0.15) is 0 Å². The maximum absolute atomic E-state index is 4.66. The molecule has 1 fully saturated rings. The van der Waals surface area contributed by atoms with Crippen LogP contribution in [-0.2, 0) is 6.54 Å². The van der Waals surface area contributed by atoms with E-state index in [-0.39, 0.29) is 0 Å². The van der Waals surface area contributed by atoms with Crippen molar-refractivity contribution in [2.24, 2.45) is 0 Å². The summed E-state index contributed by atoms with van der Waals surface area (Å²) in [7, 11) is 0. The highest BCUT2D eigenvalue weighted by atomic mass is 32.1. The molecule has 0 aromatic carbocycles. The van der Waals surface area contributed by atoms with Gasteiger partial charge < -0.3 is 10.2 Å². The van der Waals surface area contributed by atoms with Crippen molar-refractivity contribution < 1.29 is 0 Å². The lowest BCUT2D eigenvalue weighted by atomic mass is 10.2. The molecule has 0 aliphatic heterocycles. The SMILES string of the molecule is CCNC(C)c1ccc(N(Cc2cccs2)C2CC2)cn1. The van der Waals surface area contributed by atoms with Crippen molar-refractivity contribution in [1.29, 1.82) is 0 Å². The van der Waals surface area contributed by atoms with E-state index < -0.39 is 0 Å². The third-order valence-corrected chi connectivity index (χ3v) is 4.81. The lowest BCUT2D eigenvalue weighted by Gasteiger charge is -2.24. The van der Waals surface area contributed by atoms with Gasteiger partial charge in [0, 0.05) is 17.0 Å². The molecule has 3 nitrogen and oxygen atoms in total. The summed E-state index contributed by atoms with van der Waals surface area (Å²) >= 11 is 1.83. The zero-order chi connectivity index (χ0) is 14.7. The van der Waals surface area contributed by atoms with Crippen LogP contribution in [-0.4, -0.2) is 17.6 Å². The smallest absolute Gasteiger partial charge is 0.0572 e. The minimum Gasteiger partial charge on any atom is -0.362 e. The van der Waals surface area contributed by atoms with Crippen LogP contribution in [0.3, 0.4) is 0 Å². The molecule has 1 N–H and O–H groups in total.